The fourth-order valence-electron chi connectivity index (χ4n) is 3.67. The van der Waals surface area contributed by atoms with Gasteiger partial charge in [0, 0.05) is 16.5 Å². The van der Waals surface area contributed by atoms with Crippen molar-refractivity contribution >= 4 is 32.9 Å². The Hall–Kier alpha value is -3.58. The number of hydrogen-bond acceptors (Lipinski definition) is 1. The molecule has 27 heavy (non-hydrogen) atoms. The third kappa shape index (κ3) is 2.94. The van der Waals surface area contributed by atoms with Crippen molar-refractivity contribution < 1.29 is 0 Å². The van der Waals surface area contributed by atoms with E-state index in [-0.39, 0.29) is 0 Å². The molecule has 1 nitrogen and oxygen atoms in total. The minimum Gasteiger partial charge on any atom is -0.355 e. The molecule has 128 valence electrons. The Bertz CT molecular complexity index is 1170. The first-order chi connectivity index (χ1) is 13.4. The fraction of sp³-hybridized carbons (Fsp3) is 0. The van der Waals surface area contributed by atoms with Crippen molar-refractivity contribution in [2.24, 2.45) is 0 Å². The average Bonchev–Trinajstić information content (AvgIpc) is 2.75. The van der Waals surface area contributed by atoms with Crippen LogP contribution in [0.25, 0.3) is 32.7 Å². The predicted molar refractivity (Wildman–Crippen MR) is 117 cm³/mol. The molecule has 0 aliphatic heterocycles. The van der Waals surface area contributed by atoms with Crippen LogP contribution in [0.15, 0.2) is 109 Å². The minimum absolute atomic E-state index is 1.09. The molecule has 0 atom stereocenters. The Morgan fingerprint density at radius 3 is 1.59 bits per heavy atom. The Morgan fingerprint density at radius 1 is 0.444 bits per heavy atom. The quantitative estimate of drug-likeness (QED) is 0.336. The predicted octanol–water partition coefficient (Wildman–Crippen LogP) is 7.40. The first-order valence-electron chi connectivity index (χ1n) is 9.21. The second kappa shape index (κ2) is 6.62. The molecule has 5 rings (SSSR count). The van der Waals surface area contributed by atoms with Gasteiger partial charge in [-0.2, -0.15) is 0 Å². The summed E-state index contributed by atoms with van der Waals surface area (Å²) in [5.74, 6) is 0. The van der Waals surface area contributed by atoms with Crippen molar-refractivity contribution in [3.63, 3.8) is 0 Å². The molecule has 0 aliphatic carbocycles. The van der Waals surface area contributed by atoms with Gasteiger partial charge in [0.25, 0.3) is 0 Å². The number of fused-ring (bicyclic) bond motifs is 2. The van der Waals surface area contributed by atoms with Crippen molar-refractivity contribution in [1.82, 2.24) is 0 Å². The molecule has 0 saturated heterocycles. The highest BCUT2D eigenvalue weighted by molar-refractivity contribution is 6.12. The molecule has 0 spiro atoms. The number of anilines is 2. The van der Waals surface area contributed by atoms with Gasteiger partial charge in [0.1, 0.15) is 0 Å². The van der Waals surface area contributed by atoms with Crippen LogP contribution in [0.2, 0.25) is 0 Å². The first-order valence-corrected chi connectivity index (χ1v) is 9.21. The largest absolute Gasteiger partial charge is 0.355 e. The highest BCUT2D eigenvalue weighted by Gasteiger charge is 2.08. The van der Waals surface area contributed by atoms with Crippen LogP contribution in [0.4, 0.5) is 11.4 Å². The van der Waals surface area contributed by atoms with Crippen molar-refractivity contribution in [3.05, 3.63) is 109 Å². The molecule has 0 amide bonds. The molecule has 1 N–H and O–H groups in total. The summed E-state index contributed by atoms with van der Waals surface area (Å²) >= 11 is 0. The van der Waals surface area contributed by atoms with E-state index in [4.69, 9.17) is 0 Å². The van der Waals surface area contributed by atoms with Gasteiger partial charge in [0.2, 0.25) is 0 Å². The molecule has 1 heteroatoms. The lowest BCUT2D eigenvalue weighted by atomic mass is 10.0. The van der Waals surface area contributed by atoms with Crippen LogP contribution in [0.1, 0.15) is 0 Å². The SMILES string of the molecule is c1ccc(-c2ccc(Nc3c4ccccc4cc4ccccc34)cc2)cc1. The summed E-state index contributed by atoms with van der Waals surface area (Å²) in [6.45, 7) is 0. The van der Waals surface area contributed by atoms with Gasteiger partial charge in [-0.05, 0) is 40.1 Å². The van der Waals surface area contributed by atoms with E-state index >= 15 is 0 Å². The molecular formula is C26H19N. The lowest BCUT2D eigenvalue weighted by molar-refractivity contribution is 1.57. The molecule has 0 aliphatic rings. The van der Waals surface area contributed by atoms with E-state index in [0.717, 1.165) is 11.4 Å². The van der Waals surface area contributed by atoms with E-state index in [2.05, 4.69) is 108 Å². The maximum Gasteiger partial charge on any atom is 0.0543 e. The fourth-order valence-corrected chi connectivity index (χ4v) is 3.67. The summed E-state index contributed by atoms with van der Waals surface area (Å²) in [7, 11) is 0. The van der Waals surface area contributed by atoms with Gasteiger partial charge < -0.3 is 5.32 Å². The zero-order valence-electron chi connectivity index (χ0n) is 14.9. The van der Waals surface area contributed by atoms with Crippen molar-refractivity contribution in [3.8, 4) is 11.1 Å². The third-order valence-electron chi connectivity index (χ3n) is 5.03. The van der Waals surface area contributed by atoms with Gasteiger partial charge in [0.15, 0.2) is 0 Å². The summed E-state index contributed by atoms with van der Waals surface area (Å²) < 4.78 is 0. The highest BCUT2D eigenvalue weighted by atomic mass is 14.9. The minimum atomic E-state index is 1.09. The van der Waals surface area contributed by atoms with Gasteiger partial charge >= 0.3 is 0 Å². The van der Waals surface area contributed by atoms with Crippen LogP contribution < -0.4 is 5.32 Å². The Morgan fingerprint density at radius 2 is 0.963 bits per heavy atom. The number of benzene rings is 5. The smallest absolute Gasteiger partial charge is 0.0543 e. The van der Waals surface area contributed by atoms with Crippen LogP contribution in [0, 0.1) is 0 Å². The molecule has 0 unspecified atom stereocenters. The summed E-state index contributed by atoms with van der Waals surface area (Å²) in [6, 6.07) is 38.5. The topological polar surface area (TPSA) is 12.0 Å². The van der Waals surface area contributed by atoms with Crippen LogP contribution >= 0.6 is 0 Å². The number of rotatable bonds is 3. The van der Waals surface area contributed by atoms with E-state index in [9.17, 15) is 0 Å². The molecule has 0 heterocycles. The van der Waals surface area contributed by atoms with E-state index in [0.29, 0.717) is 0 Å². The van der Waals surface area contributed by atoms with Gasteiger partial charge in [-0.1, -0.05) is 91.0 Å². The van der Waals surface area contributed by atoms with Gasteiger partial charge in [-0.15, -0.1) is 0 Å². The van der Waals surface area contributed by atoms with Gasteiger partial charge in [-0.3, -0.25) is 0 Å². The van der Waals surface area contributed by atoms with Crippen LogP contribution in [-0.4, -0.2) is 0 Å². The number of hydrogen-bond donors (Lipinski definition) is 1. The van der Waals surface area contributed by atoms with E-state index in [1.807, 2.05) is 6.07 Å². The second-order valence-corrected chi connectivity index (χ2v) is 6.76. The van der Waals surface area contributed by atoms with Crippen molar-refractivity contribution in [2.75, 3.05) is 5.32 Å². The summed E-state index contributed by atoms with van der Waals surface area (Å²) in [4.78, 5) is 0. The van der Waals surface area contributed by atoms with E-state index in [1.165, 1.54) is 32.7 Å². The summed E-state index contributed by atoms with van der Waals surface area (Å²) in [5, 5.41) is 8.65. The first kappa shape index (κ1) is 15.7. The third-order valence-corrected chi connectivity index (χ3v) is 5.03. The van der Waals surface area contributed by atoms with Crippen molar-refractivity contribution in [2.45, 2.75) is 0 Å². The van der Waals surface area contributed by atoms with Crippen LogP contribution in [0.3, 0.4) is 0 Å². The van der Waals surface area contributed by atoms with Crippen molar-refractivity contribution in [1.29, 1.82) is 0 Å². The van der Waals surface area contributed by atoms with Gasteiger partial charge in [0.05, 0.1) is 5.69 Å². The Labute approximate surface area is 158 Å². The maximum absolute atomic E-state index is 3.67. The summed E-state index contributed by atoms with van der Waals surface area (Å²) in [5.41, 5.74) is 4.72. The zero-order chi connectivity index (χ0) is 18.1. The maximum atomic E-state index is 3.67. The average molecular weight is 345 g/mol. The normalized spacial score (nSPS) is 11.0. The van der Waals surface area contributed by atoms with Crippen LogP contribution in [-0.2, 0) is 0 Å². The molecule has 0 bridgehead atoms. The Kier molecular flexibility index (Phi) is 3.84. The van der Waals surface area contributed by atoms with E-state index < -0.39 is 0 Å². The van der Waals surface area contributed by atoms with E-state index in [1.54, 1.807) is 0 Å². The molecular weight excluding hydrogens is 326 g/mol. The molecule has 5 aromatic rings. The standard InChI is InChI=1S/C26H19N/c1-2-8-19(9-3-1)20-14-16-23(17-15-20)27-26-24-12-6-4-10-21(24)18-22-11-5-7-13-25(22)26/h1-18,27H. The summed E-state index contributed by atoms with van der Waals surface area (Å²) in [6.07, 6.45) is 0. The molecule has 0 saturated carbocycles. The van der Waals surface area contributed by atoms with Gasteiger partial charge in [-0.25, -0.2) is 0 Å². The molecule has 5 aromatic carbocycles. The zero-order valence-corrected chi connectivity index (χ0v) is 14.9. The number of nitrogens with one attached hydrogen (secondary N) is 1. The molecule has 0 aromatic heterocycles. The monoisotopic (exact) mass is 345 g/mol. The molecule has 0 radical (unpaired) electrons. The highest BCUT2D eigenvalue weighted by Crippen LogP contribution is 2.35. The lowest BCUT2D eigenvalue weighted by Gasteiger charge is -2.14. The lowest BCUT2D eigenvalue weighted by Crippen LogP contribution is -1.93. The molecule has 0 fully saturated rings. The van der Waals surface area contributed by atoms with Crippen LogP contribution in [0.5, 0.6) is 0 Å². The Balaban J connectivity index is 1.59. The second-order valence-electron chi connectivity index (χ2n) is 6.76.